The third-order valence-electron chi connectivity index (χ3n) is 3.80. The number of nitrogens with zero attached hydrogens (tertiary/aromatic N) is 1. The maximum Gasteiger partial charge on any atom is 0.244 e. The molecule has 0 bridgehead atoms. The van der Waals surface area contributed by atoms with Crippen molar-refractivity contribution < 1.29 is 4.79 Å². The molecule has 1 N–H and O–H groups in total. The Morgan fingerprint density at radius 3 is 2.62 bits per heavy atom. The van der Waals surface area contributed by atoms with Crippen molar-refractivity contribution in [2.75, 3.05) is 6.67 Å². The normalized spacial score (nSPS) is 41.0. The third kappa shape index (κ3) is 0.966. The molecule has 1 aliphatic heterocycles. The molecule has 0 atom stereocenters. The predicted molar refractivity (Wildman–Crippen MR) is 49.0 cm³/mol. The molecule has 0 aromatic heterocycles. The van der Waals surface area contributed by atoms with Gasteiger partial charge in [-0.3, -0.25) is 10.1 Å². The van der Waals surface area contributed by atoms with Gasteiger partial charge in [0.25, 0.3) is 0 Å². The zero-order valence-corrected chi connectivity index (χ0v) is 8.05. The van der Waals surface area contributed by atoms with Crippen molar-refractivity contribution in [1.29, 1.82) is 0 Å². The van der Waals surface area contributed by atoms with Gasteiger partial charge in [-0.2, -0.15) is 0 Å². The lowest BCUT2D eigenvalue weighted by atomic mass is 9.81. The van der Waals surface area contributed by atoms with Crippen LogP contribution in [0.5, 0.6) is 0 Å². The lowest BCUT2D eigenvalue weighted by Crippen LogP contribution is -2.46. The third-order valence-corrected chi connectivity index (χ3v) is 3.80. The summed E-state index contributed by atoms with van der Waals surface area (Å²) in [4.78, 5) is 14.0. The summed E-state index contributed by atoms with van der Waals surface area (Å²) in [5, 5.41) is 3.35. The van der Waals surface area contributed by atoms with Crippen LogP contribution in [0.4, 0.5) is 0 Å². The van der Waals surface area contributed by atoms with Crippen molar-refractivity contribution in [2.45, 2.75) is 44.2 Å². The van der Waals surface area contributed by atoms with Gasteiger partial charge in [-0.15, -0.1) is 0 Å². The van der Waals surface area contributed by atoms with E-state index in [0.717, 1.165) is 25.4 Å². The first-order valence-corrected chi connectivity index (χ1v) is 5.27. The summed E-state index contributed by atoms with van der Waals surface area (Å²) < 4.78 is 0. The highest BCUT2D eigenvalue weighted by Gasteiger charge is 2.57. The molecule has 13 heavy (non-hydrogen) atoms. The Bertz CT molecular complexity index is 254. The largest absolute Gasteiger partial charge is 0.325 e. The van der Waals surface area contributed by atoms with E-state index in [1.807, 2.05) is 0 Å². The van der Waals surface area contributed by atoms with Crippen LogP contribution < -0.4 is 5.32 Å². The molecular formula is C10H16N2O. The molecule has 3 fully saturated rings. The maximum absolute atomic E-state index is 11.9. The van der Waals surface area contributed by atoms with Crippen molar-refractivity contribution in [1.82, 2.24) is 10.2 Å². The number of nitrogens with one attached hydrogen (secondary N) is 1. The fourth-order valence-corrected chi connectivity index (χ4v) is 2.58. The molecule has 2 aliphatic carbocycles. The number of rotatable bonds is 1. The van der Waals surface area contributed by atoms with Crippen LogP contribution in [-0.4, -0.2) is 29.1 Å². The van der Waals surface area contributed by atoms with Gasteiger partial charge in [0, 0.05) is 6.04 Å². The summed E-state index contributed by atoms with van der Waals surface area (Å²) in [7, 11) is 0. The van der Waals surface area contributed by atoms with Crippen LogP contribution in [0.2, 0.25) is 0 Å². The first-order chi connectivity index (χ1) is 6.21. The Morgan fingerprint density at radius 1 is 1.46 bits per heavy atom. The highest BCUT2D eigenvalue weighted by Crippen LogP contribution is 2.43. The van der Waals surface area contributed by atoms with E-state index in [1.165, 1.54) is 12.8 Å². The minimum absolute atomic E-state index is 0.0845. The van der Waals surface area contributed by atoms with Crippen LogP contribution in [-0.2, 0) is 4.79 Å². The molecule has 0 unspecified atom stereocenters. The van der Waals surface area contributed by atoms with Gasteiger partial charge in [0.2, 0.25) is 5.91 Å². The van der Waals surface area contributed by atoms with Crippen molar-refractivity contribution >= 4 is 5.91 Å². The summed E-state index contributed by atoms with van der Waals surface area (Å²) in [6, 6.07) is 0.551. The van der Waals surface area contributed by atoms with Gasteiger partial charge < -0.3 is 4.90 Å². The predicted octanol–water partition coefficient (Wildman–Crippen LogP) is 0.707. The Labute approximate surface area is 78.5 Å². The summed E-state index contributed by atoms with van der Waals surface area (Å²) >= 11 is 0. The van der Waals surface area contributed by atoms with Crippen molar-refractivity contribution in [3.8, 4) is 0 Å². The molecule has 3 heteroatoms. The molecule has 1 saturated heterocycles. The van der Waals surface area contributed by atoms with E-state index in [1.54, 1.807) is 0 Å². The van der Waals surface area contributed by atoms with Crippen molar-refractivity contribution in [3.05, 3.63) is 0 Å². The van der Waals surface area contributed by atoms with Crippen LogP contribution in [0.15, 0.2) is 0 Å². The van der Waals surface area contributed by atoms with E-state index in [4.69, 9.17) is 0 Å². The molecule has 3 nitrogen and oxygen atoms in total. The van der Waals surface area contributed by atoms with E-state index in [0.29, 0.717) is 11.9 Å². The summed E-state index contributed by atoms with van der Waals surface area (Å²) in [6.45, 7) is 3.06. The van der Waals surface area contributed by atoms with Crippen LogP contribution in [0.1, 0.15) is 32.6 Å². The second kappa shape index (κ2) is 2.27. The molecular weight excluding hydrogens is 164 g/mol. The minimum Gasteiger partial charge on any atom is -0.325 e. The summed E-state index contributed by atoms with van der Waals surface area (Å²) in [5.41, 5.74) is -0.0845. The lowest BCUT2D eigenvalue weighted by Gasteiger charge is -2.39. The number of carbonyl (C=O) groups is 1. The Hall–Kier alpha value is -0.570. The van der Waals surface area contributed by atoms with Crippen molar-refractivity contribution in [2.24, 2.45) is 5.92 Å². The molecule has 3 rings (SSSR count). The van der Waals surface area contributed by atoms with Gasteiger partial charge in [0.15, 0.2) is 0 Å². The van der Waals surface area contributed by atoms with E-state index in [9.17, 15) is 4.79 Å². The summed E-state index contributed by atoms with van der Waals surface area (Å²) in [6.07, 6.45) is 4.54. The monoisotopic (exact) mass is 180 g/mol. The van der Waals surface area contributed by atoms with Gasteiger partial charge >= 0.3 is 0 Å². The molecule has 2 saturated carbocycles. The van der Waals surface area contributed by atoms with Crippen LogP contribution in [0.3, 0.4) is 0 Å². The van der Waals surface area contributed by atoms with Gasteiger partial charge in [0.05, 0.1) is 12.2 Å². The fourth-order valence-electron chi connectivity index (χ4n) is 2.58. The molecule has 3 aliphatic rings. The molecule has 72 valence electrons. The lowest BCUT2D eigenvalue weighted by molar-refractivity contribution is -0.133. The molecule has 1 heterocycles. The number of amides is 1. The zero-order valence-electron chi connectivity index (χ0n) is 8.05. The standard InChI is InChI=1S/C10H16N2O/c1-7-4-8(5-7)12-6-11-10(2-3-10)9(12)13/h7-8,11H,2-6H2,1H3. The summed E-state index contributed by atoms with van der Waals surface area (Å²) in [5.74, 6) is 1.21. The Balaban J connectivity index is 1.70. The van der Waals surface area contributed by atoms with Crippen molar-refractivity contribution in [3.63, 3.8) is 0 Å². The smallest absolute Gasteiger partial charge is 0.244 e. The molecule has 1 amide bonds. The average molecular weight is 180 g/mol. The van der Waals surface area contributed by atoms with Gasteiger partial charge in [-0.05, 0) is 31.6 Å². The van der Waals surface area contributed by atoms with Crippen LogP contribution in [0.25, 0.3) is 0 Å². The Kier molecular flexibility index (Phi) is 1.36. The number of hydrogen-bond donors (Lipinski definition) is 1. The van der Waals surface area contributed by atoms with Crippen LogP contribution in [0, 0.1) is 5.92 Å². The SMILES string of the molecule is CC1CC(N2CNC3(CC3)C2=O)C1. The van der Waals surface area contributed by atoms with E-state index in [-0.39, 0.29) is 5.54 Å². The Morgan fingerprint density at radius 2 is 2.15 bits per heavy atom. The second-order valence-electron chi connectivity index (χ2n) is 4.92. The molecule has 0 aromatic rings. The molecule has 0 aromatic carbocycles. The van der Waals surface area contributed by atoms with E-state index < -0.39 is 0 Å². The molecule has 0 radical (unpaired) electrons. The molecule has 1 spiro atoms. The van der Waals surface area contributed by atoms with Gasteiger partial charge in [-0.1, -0.05) is 6.92 Å². The topological polar surface area (TPSA) is 32.3 Å². The second-order valence-corrected chi connectivity index (χ2v) is 4.92. The first kappa shape index (κ1) is 7.80. The first-order valence-electron chi connectivity index (χ1n) is 5.27. The van der Waals surface area contributed by atoms with Gasteiger partial charge in [0.1, 0.15) is 0 Å². The average Bonchev–Trinajstić information content (AvgIpc) is 2.75. The van der Waals surface area contributed by atoms with Gasteiger partial charge in [-0.25, -0.2) is 0 Å². The number of carbonyl (C=O) groups excluding carboxylic acids is 1. The maximum atomic E-state index is 11.9. The van der Waals surface area contributed by atoms with E-state index in [2.05, 4.69) is 17.1 Å². The highest BCUT2D eigenvalue weighted by atomic mass is 16.2. The van der Waals surface area contributed by atoms with E-state index >= 15 is 0 Å². The quantitative estimate of drug-likeness (QED) is 0.644. The number of hydrogen-bond acceptors (Lipinski definition) is 2. The van der Waals surface area contributed by atoms with Crippen LogP contribution >= 0.6 is 0 Å². The highest BCUT2D eigenvalue weighted by molar-refractivity contribution is 5.91. The zero-order chi connectivity index (χ0) is 9.05. The minimum atomic E-state index is -0.0845. The fraction of sp³-hybridized carbons (Fsp3) is 0.900.